The number of nitrogens with one attached hydrogen (secondary N) is 4. The van der Waals surface area contributed by atoms with Crippen LogP contribution in [0.2, 0.25) is 2.82 Å². The van der Waals surface area contributed by atoms with E-state index < -0.39 is 59.7 Å². The number of carboxylic acids is 2. The van der Waals surface area contributed by atoms with E-state index in [2.05, 4.69) is 20.6 Å². The zero-order chi connectivity index (χ0) is 36.8. The van der Waals surface area contributed by atoms with Crippen molar-refractivity contribution in [3.05, 3.63) is 72.1 Å². The van der Waals surface area contributed by atoms with Crippen LogP contribution in [0.3, 0.4) is 0 Å². The Morgan fingerprint density at radius 2 is 1.02 bits per heavy atom. The number of aliphatic carboxylic acids is 2. The minimum atomic E-state index is -1.40. The van der Waals surface area contributed by atoms with Crippen LogP contribution in [-0.2, 0) is 41.6 Å². The Balaban J connectivity index is 0.000000501. The standard InChI is InChI=1S/2C16H20N4O4.2Na/c2*17-11(15(18)22)5-6-14(21)20-13(16(23)24)7-9-8-19-12-4-2-1-3-10(9)12;;/h2*1-4,8,11,13,19H,5-7,17H2,(H2,18,22)(H,20,21)(H,23,24);;/q;;2*+1/p-2/t2*11-,13+;;/m11../s1/i/hD2. The SMILES string of the molecule is [2H]N[C@H](CCC(=O)N[C@@H](Cc1c[nH]c2ccccc12)C(=O)[O-])C(N)=O.[2H]N[C@H](CCC(=O)N[C@@H](Cc1c[nH]c2ccccc12)C(=O)[O-])C(N)=O.[Na+].[Na+]. The summed E-state index contributed by atoms with van der Waals surface area (Å²) in [5.41, 5.74) is 17.3. The third kappa shape index (κ3) is 13.5. The number of hydrogen-bond acceptors (Lipinski definition) is 10. The van der Waals surface area contributed by atoms with Crippen LogP contribution in [0.15, 0.2) is 60.9 Å². The molecule has 0 fully saturated rings. The van der Waals surface area contributed by atoms with E-state index in [1.54, 1.807) is 12.4 Å². The molecule has 2 aromatic carbocycles. The van der Waals surface area contributed by atoms with Crippen LogP contribution in [-0.4, -0.2) is 69.7 Å². The molecule has 50 heavy (non-hydrogen) atoms. The molecular formula is C32H38N8Na2O8. The molecule has 0 radical (unpaired) electrons. The number of aromatic amines is 2. The molecule has 12 N–H and O–H groups in total. The number of hydrogen-bond donors (Lipinski definition) is 8. The Kier molecular flexibility index (Phi) is 17.5. The Labute approximate surface area is 334 Å². The molecule has 18 heteroatoms. The van der Waals surface area contributed by atoms with Crippen molar-refractivity contribution in [1.82, 2.24) is 20.6 Å². The average Bonchev–Trinajstić information content (AvgIpc) is 3.68. The molecule has 0 saturated heterocycles. The molecule has 0 aliphatic heterocycles. The molecule has 4 amide bonds. The van der Waals surface area contributed by atoms with Crippen molar-refractivity contribution < 1.29 is 101 Å². The fraction of sp³-hybridized carbons (Fsp3) is 0.312. The number of carboxylic acid groups (broad SMARTS) is 2. The average molecular weight is 711 g/mol. The van der Waals surface area contributed by atoms with Gasteiger partial charge in [0.1, 0.15) is 2.82 Å². The summed E-state index contributed by atoms with van der Waals surface area (Å²) in [7, 11) is 0. The number of nitrogens with two attached hydrogens (primary N) is 4. The summed E-state index contributed by atoms with van der Waals surface area (Å²) in [6.45, 7) is 0. The fourth-order valence-corrected chi connectivity index (χ4v) is 4.80. The number of aromatic nitrogens is 2. The predicted molar refractivity (Wildman–Crippen MR) is 171 cm³/mol. The Hall–Kier alpha value is -3.74. The maximum Gasteiger partial charge on any atom is 1.00 e. The summed E-state index contributed by atoms with van der Waals surface area (Å²) >= 11 is 0. The van der Waals surface area contributed by atoms with E-state index in [4.69, 9.17) is 14.3 Å². The molecule has 0 saturated carbocycles. The van der Waals surface area contributed by atoms with Gasteiger partial charge < -0.3 is 63.3 Å². The van der Waals surface area contributed by atoms with E-state index >= 15 is 0 Å². The first-order valence-electron chi connectivity index (χ1n) is 15.9. The van der Waals surface area contributed by atoms with Gasteiger partial charge in [-0.2, -0.15) is 0 Å². The van der Waals surface area contributed by atoms with Crippen LogP contribution < -0.4 is 103 Å². The monoisotopic (exact) mass is 710 g/mol. The second-order valence-corrected chi connectivity index (χ2v) is 11.0. The molecule has 256 valence electrons. The second-order valence-electron chi connectivity index (χ2n) is 11.0. The topological polar surface area (TPSA) is 308 Å². The summed E-state index contributed by atoms with van der Waals surface area (Å²) in [6, 6.07) is 10.5. The maximum atomic E-state index is 11.9. The van der Waals surface area contributed by atoms with Gasteiger partial charge in [0.15, 0.2) is 0 Å². The Morgan fingerprint density at radius 1 is 0.660 bits per heavy atom. The van der Waals surface area contributed by atoms with Gasteiger partial charge in [-0.3, -0.25) is 19.2 Å². The molecule has 0 aliphatic rings. The molecule has 2 heterocycles. The number of carbonyl (C=O) groups is 6. The summed E-state index contributed by atoms with van der Waals surface area (Å²) < 4.78 is 13.9. The molecule has 0 aliphatic carbocycles. The van der Waals surface area contributed by atoms with Crippen LogP contribution in [0.4, 0.5) is 0 Å². The molecule has 4 rings (SSSR count). The van der Waals surface area contributed by atoms with Crippen molar-refractivity contribution in [2.24, 2.45) is 22.9 Å². The smallest absolute Gasteiger partial charge is 0.548 e. The number of primary amides is 2. The zero-order valence-electron chi connectivity index (χ0n) is 29.7. The largest absolute Gasteiger partial charge is 1.00 e. The quantitative estimate of drug-likeness (QED) is 0.0451. The van der Waals surface area contributed by atoms with Gasteiger partial charge in [-0.1, -0.05) is 36.4 Å². The summed E-state index contributed by atoms with van der Waals surface area (Å²) in [6.07, 6.45) is 3.23. The molecule has 0 unspecified atom stereocenters. The van der Waals surface area contributed by atoms with Gasteiger partial charge >= 0.3 is 59.1 Å². The fourth-order valence-electron chi connectivity index (χ4n) is 4.80. The van der Waals surface area contributed by atoms with Crippen LogP contribution in [0.25, 0.3) is 21.8 Å². The summed E-state index contributed by atoms with van der Waals surface area (Å²) in [5, 5.41) is 29.2. The third-order valence-corrected chi connectivity index (χ3v) is 7.44. The molecule has 4 atom stereocenters. The van der Waals surface area contributed by atoms with Crippen molar-refractivity contribution in [2.75, 3.05) is 0 Å². The van der Waals surface area contributed by atoms with E-state index in [0.717, 1.165) is 32.9 Å². The molecule has 2 aromatic heterocycles. The Bertz CT molecular complexity index is 1690. The van der Waals surface area contributed by atoms with E-state index in [-0.39, 0.29) is 97.6 Å². The van der Waals surface area contributed by atoms with Gasteiger partial charge in [-0.25, -0.2) is 0 Å². The van der Waals surface area contributed by atoms with Crippen molar-refractivity contribution in [1.29, 1.82) is 0 Å². The number of benzene rings is 2. The number of H-pyrrole nitrogens is 2. The van der Waals surface area contributed by atoms with Crippen LogP contribution in [0.5, 0.6) is 0 Å². The van der Waals surface area contributed by atoms with E-state index in [1.807, 2.05) is 60.0 Å². The predicted octanol–water partition coefficient (Wildman–Crippen LogP) is -8.92. The second kappa shape index (κ2) is 21.5. The van der Waals surface area contributed by atoms with Crippen molar-refractivity contribution in [3.8, 4) is 0 Å². The van der Waals surface area contributed by atoms with Crippen LogP contribution in [0.1, 0.15) is 36.8 Å². The summed E-state index contributed by atoms with van der Waals surface area (Å²) in [5.74, 6) is -5.42. The van der Waals surface area contributed by atoms with Crippen LogP contribution in [0, 0.1) is 0 Å². The van der Waals surface area contributed by atoms with Gasteiger partial charge in [-0.15, -0.1) is 0 Å². The zero-order valence-corrected chi connectivity index (χ0v) is 31.7. The maximum absolute atomic E-state index is 11.9. The normalized spacial score (nSPS) is 13.4. The first kappa shape index (κ1) is 40.7. The molecule has 4 aromatic rings. The van der Waals surface area contributed by atoms with Gasteiger partial charge in [-0.05, 0) is 36.1 Å². The first-order chi connectivity index (χ1) is 23.8. The van der Waals surface area contributed by atoms with Crippen molar-refractivity contribution >= 4 is 57.4 Å². The van der Waals surface area contributed by atoms with Crippen LogP contribution >= 0.6 is 0 Å². The van der Waals surface area contributed by atoms with E-state index in [9.17, 15) is 39.0 Å². The molecular weight excluding hydrogens is 670 g/mol. The van der Waals surface area contributed by atoms with Crippen molar-refractivity contribution in [2.45, 2.75) is 62.7 Å². The minimum Gasteiger partial charge on any atom is -0.548 e. The van der Waals surface area contributed by atoms with E-state index in [1.165, 1.54) is 0 Å². The first-order valence-corrected chi connectivity index (χ1v) is 14.9. The number of carbonyl (C=O) groups excluding carboxylic acids is 6. The minimum absolute atomic E-state index is 0. The number of amides is 4. The Morgan fingerprint density at radius 3 is 1.34 bits per heavy atom. The molecule has 16 nitrogen and oxygen atoms in total. The van der Waals surface area contributed by atoms with E-state index in [0.29, 0.717) is 0 Å². The molecule has 0 bridgehead atoms. The van der Waals surface area contributed by atoms with Gasteiger partial charge in [0.2, 0.25) is 23.6 Å². The van der Waals surface area contributed by atoms with Gasteiger partial charge in [0.25, 0.3) is 0 Å². The number of fused-ring (bicyclic) bond motifs is 2. The van der Waals surface area contributed by atoms with Gasteiger partial charge in [0.05, 0.1) is 36.1 Å². The van der Waals surface area contributed by atoms with Crippen molar-refractivity contribution in [3.63, 3.8) is 0 Å². The number of rotatable bonds is 18. The summed E-state index contributed by atoms with van der Waals surface area (Å²) in [4.78, 5) is 74.7. The van der Waals surface area contributed by atoms with Gasteiger partial charge in [0, 0.05) is 59.9 Å². The third-order valence-electron chi connectivity index (χ3n) is 7.44. The molecule has 0 spiro atoms. The number of para-hydroxylation sites is 2.